The Labute approximate surface area is 141 Å². The van der Waals surface area contributed by atoms with Gasteiger partial charge in [0, 0.05) is 12.6 Å². The highest BCUT2D eigenvalue weighted by atomic mass is 16.2. The zero-order valence-electron chi connectivity index (χ0n) is 14.7. The number of nitrogens with zero attached hydrogens (tertiary/aromatic N) is 4. The Bertz CT molecular complexity index is 728. The van der Waals surface area contributed by atoms with E-state index in [1.807, 2.05) is 52.0 Å². The minimum atomic E-state index is -0.350. The molecule has 0 fully saturated rings. The molecule has 24 heavy (non-hydrogen) atoms. The summed E-state index contributed by atoms with van der Waals surface area (Å²) < 4.78 is 1.54. The minimum absolute atomic E-state index is 0.0342. The van der Waals surface area contributed by atoms with E-state index in [1.165, 1.54) is 9.58 Å². The lowest BCUT2D eigenvalue weighted by Crippen LogP contribution is -2.46. The van der Waals surface area contributed by atoms with Crippen LogP contribution in [0.1, 0.15) is 36.8 Å². The van der Waals surface area contributed by atoms with Crippen LogP contribution in [-0.2, 0) is 4.79 Å². The maximum atomic E-state index is 12.4. The average Bonchev–Trinajstić information content (AvgIpc) is 2.94. The summed E-state index contributed by atoms with van der Waals surface area (Å²) in [6, 6.07) is 7.72. The van der Waals surface area contributed by atoms with Gasteiger partial charge in [-0.1, -0.05) is 22.9 Å². The first kappa shape index (κ1) is 17.7. The number of hydrogen-bond donors (Lipinski definition) is 1. The molecule has 0 aliphatic heterocycles. The van der Waals surface area contributed by atoms with Crippen LogP contribution >= 0.6 is 0 Å². The highest BCUT2D eigenvalue weighted by Gasteiger charge is 2.20. The van der Waals surface area contributed by atoms with Gasteiger partial charge in [-0.2, -0.15) is 0 Å². The number of aromatic nitrogens is 3. The molecule has 0 aliphatic carbocycles. The number of nitrogens with one attached hydrogen (secondary N) is 1. The van der Waals surface area contributed by atoms with Gasteiger partial charge in [-0.15, -0.1) is 5.10 Å². The molecule has 0 aliphatic rings. The Balaban J connectivity index is 2.05. The maximum Gasteiger partial charge on any atom is 0.276 e. The van der Waals surface area contributed by atoms with Crippen LogP contribution in [0, 0.1) is 6.92 Å². The van der Waals surface area contributed by atoms with E-state index in [-0.39, 0.29) is 29.6 Å². The van der Waals surface area contributed by atoms with Crippen LogP contribution in [0.25, 0.3) is 5.69 Å². The summed E-state index contributed by atoms with van der Waals surface area (Å²) in [5, 5.41) is 10.7. The number of aryl methyl sites for hydroxylation is 1. The fourth-order valence-electron chi connectivity index (χ4n) is 2.13. The molecule has 1 heterocycles. The molecule has 0 atom stereocenters. The summed E-state index contributed by atoms with van der Waals surface area (Å²) in [6.07, 6.45) is 1.56. The lowest BCUT2D eigenvalue weighted by molar-refractivity contribution is -0.122. The van der Waals surface area contributed by atoms with Crippen molar-refractivity contribution in [3.8, 4) is 5.69 Å². The van der Waals surface area contributed by atoms with E-state index in [2.05, 4.69) is 15.6 Å². The number of benzene rings is 1. The highest BCUT2D eigenvalue weighted by Crippen LogP contribution is 2.09. The van der Waals surface area contributed by atoms with Gasteiger partial charge in [-0.05, 0) is 39.8 Å². The monoisotopic (exact) mass is 329 g/mol. The Morgan fingerprint density at radius 1 is 1.21 bits per heavy atom. The summed E-state index contributed by atoms with van der Waals surface area (Å²) in [7, 11) is 1.56. The SMILES string of the molecule is Cc1ccc(-n2cc(C(=O)N(C)CC(=O)NC(C)(C)C)nn2)cc1. The van der Waals surface area contributed by atoms with E-state index >= 15 is 0 Å². The molecule has 0 saturated heterocycles. The smallest absolute Gasteiger partial charge is 0.276 e. The molecule has 0 spiro atoms. The van der Waals surface area contributed by atoms with E-state index in [9.17, 15) is 9.59 Å². The second kappa shape index (κ2) is 6.82. The number of carbonyl (C=O) groups excluding carboxylic acids is 2. The van der Waals surface area contributed by atoms with Gasteiger partial charge in [0.25, 0.3) is 5.91 Å². The maximum absolute atomic E-state index is 12.4. The van der Waals surface area contributed by atoms with Crippen LogP contribution in [0.15, 0.2) is 30.5 Å². The van der Waals surface area contributed by atoms with E-state index in [0.717, 1.165) is 11.3 Å². The molecule has 1 aromatic carbocycles. The van der Waals surface area contributed by atoms with E-state index in [1.54, 1.807) is 13.2 Å². The van der Waals surface area contributed by atoms with Crippen molar-refractivity contribution in [3.05, 3.63) is 41.7 Å². The van der Waals surface area contributed by atoms with Crippen LogP contribution in [0.5, 0.6) is 0 Å². The van der Waals surface area contributed by atoms with Crippen molar-refractivity contribution in [3.63, 3.8) is 0 Å². The molecule has 7 heteroatoms. The lowest BCUT2D eigenvalue weighted by atomic mass is 10.1. The molecule has 1 aromatic heterocycles. The molecule has 0 unspecified atom stereocenters. The molecular formula is C17H23N5O2. The number of amides is 2. The van der Waals surface area contributed by atoms with Crippen LogP contribution in [0.4, 0.5) is 0 Å². The third-order valence-electron chi connectivity index (χ3n) is 3.25. The molecule has 2 aromatic rings. The third-order valence-corrected chi connectivity index (χ3v) is 3.25. The number of rotatable bonds is 4. The largest absolute Gasteiger partial charge is 0.350 e. The van der Waals surface area contributed by atoms with Crippen molar-refractivity contribution in [2.75, 3.05) is 13.6 Å². The summed E-state index contributed by atoms with van der Waals surface area (Å²) >= 11 is 0. The number of likely N-dealkylation sites (N-methyl/N-ethyl adjacent to an activating group) is 1. The second-order valence-electron chi connectivity index (χ2n) is 6.84. The first-order valence-corrected chi connectivity index (χ1v) is 7.71. The fourth-order valence-corrected chi connectivity index (χ4v) is 2.13. The van der Waals surface area contributed by atoms with Crippen molar-refractivity contribution in [1.82, 2.24) is 25.2 Å². The molecule has 7 nitrogen and oxygen atoms in total. The van der Waals surface area contributed by atoms with Crippen molar-refractivity contribution >= 4 is 11.8 Å². The summed E-state index contributed by atoms with van der Waals surface area (Å²) in [6.45, 7) is 7.63. The molecule has 0 bridgehead atoms. The third kappa shape index (κ3) is 4.65. The highest BCUT2D eigenvalue weighted by molar-refractivity contribution is 5.94. The lowest BCUT2D eigenvalue weighted by Gasteiger charge is -2.23. The molecule has 128 valence electrons. The summed E-state index contributed by atoms with van der Waals surface area (Å²) in [4.78, 5) is 25.6. The van der Waals surface area contributed by atoms with Crippen molar-refractivity contribution in [2.24, 2.45) is 0 Å². The van der Waals surface area contributed by atoms with Gasteiger partial charge < -0.3 is 10.2 Å². The van der Waals surface area contributed by atoms with Gasteiger partial charge in [-0.25, -0.2) is 4.68 Å². The van der Waals surface area contributed by atoms with Crippen LogP contribution < -0.4 is 5.32 Å². The first-order valence-electron chi connectivity index (χ1n) is 7.71. The minimum Gasteiger partial charge on any atom is -0.350 e. The first-order chi connectivity index (χ1) is 11.2. The standard InChI is InChI=1S/C17H23N5O2/c1-12-6-8-13(9-7-12)22-10-14(19-20-22)16(24)21(5)11-15(23)18-17(2,3)4/h6-10H,11H2,1-5H3,(H,18,23). The zero-order valence-corrected chi connectivity index (χ0v) is 14.7. The van der Waals surface area contributed by atoms with Crippen LogP contribution in [0.2, 0.25) is 0 Å². The average molecular weight is 329 g/mol. The fraction of sp³-hybridized carbons (Fsp3) is 0.412. The van der Waals surface area contributed by atoms with Crippen LogP contribution in [-0.4, -0.2) is 50.8 Å². The van der Waals surface area contributed by atoms with E-state index in [4.69, 9.17) is 0 Å². The summed E-state index contributed by atoms with van der Waals surface area (Å²) in [5.41, 5.74) is 1.82. The Hall–Kier alpha value is -2.70. The van der Waals surface area contributed by atoms with Gasteiger partial charge in [0.2, 0.25) is 5.91 Å². The number of hydrogen-bond acceptors (Lipinski definition) is 4. The van der Waals surface area contributed by atoms with Crippen LogP contribution in [0.3, 0.4) is 0 Å². The van der Waals surface area contributed by atoms with Crippen molar-refractivity contribution in [1.29, 1.82) is 0 Å². The number of carbonyl (C=O) groups is 2. The molecular weight excluding hydrogens is 306 g/mol. The van der Waals surface area contributed by atoms with Gasteiger partial charge in [0.05, 0.1) is 18.4 Å². The normalized spacial score (nSPS) is 11.2. The quantitative estimate of drug-likeness (QED) is 0.923. The predicted octanol–water partition coefficient (Wildman–Crippen LogP) is 1.56. The molecule has 2 amide bonds. The molecule has 2 rings (SSSR count). The van der Waals surface area contributed by atoms with Crippen molar-refractivity contribution in [2.45, 2.75) is 33.2 Å². The molecule has 0 radical (unpaired) electrons. The Kier molecular flexibility index (Phi) is 5.02. The van der Waals surface area contributed by atoms with E-state index in [0.29, 0.717) is 0 Å². The van der Waals surface area contributed by atoms with Gasteiger partial charge in [-0.3, -0.25) is 9.59 Å². The molecule has 0 saturated carbocycles. The van der Waals surface area contributed by atoms with Crippen molar-refractivity contribution < 1.29 is 9.59 Å². The predicted molar refractivity (Wildman–Crippen MR) is 91.0 cm³/mol. The Morgan fingerprint density at radius 2 is 1.83 bits per heavy atom. The van der Waals surface area contributed by atoms with Gasteiger partial charge in [0.1, 0.15) is 0 Å². The summed E-state index contributed by atoms with van der Waals surface area (Å²) in [5.74, 6) is -0.568. The van der Waals surface area contributed by atoms with E-state index < -0.39 is 0 Å². The van der Waals surface area contributed by atoms with Gasteiger partial charge >= 0.3 is 0 Å². The zero-order chi connectivity index (χ0) is 17.9. The van der Waals surface area contributed by atoms with Gasteiger partial charge in [0.15, 0.2) is 5.69 Å². The molecule has 1 N–H and O–H groups in total. The Morgan fingerprint density at radius 3 is 2.42 bits per heavy atom. The second-order valence-corrected chi connectivity index (χ2v) is 6.84. The topological polar surface area (TPSA) is 80.1 Å².